The predicted octanol–water partition coefficient (Wildman–Crippen LogP) is -0.181. The van der Waals surface area contributed by atoms with Crippen molar-refractivity contribution in [1.82, 2.24) is 0 Å². The quantitative estimate of drug-likeness (QED) is 0.390. The van der Waals surface area contributed by atoms with Gasteiger partial charge < -0.3 is 4.43 Å². The van der Waals surface area contributed by atoms with Gasteiger partial charge in [0.15, 0.2) is 5.41 Å². The largest absolute Gasteiger partial charge is 0.415 e. The Labute approximate surface area is 51.5 Å². The Morgan fingerprint density at radius 1 is 2.00 bits per heavy atom. The molecule has 0 aromatic heterocycles. The van der Waals surface area contributed by atoms with E-state index in [4.69, 9.17) is 4.43 Å². The van der Waals surface area contributed by atoms with Crippen LogP contribution in [0.3, 0.4) is 0 Å². The maximum absolute atomic E-state index is 10.4. The fourth-order valence-electron chi connectivity index (χ4n) is 0.262. The molecule has 0 bridgehead atoms. The molecule has 0 unspecified atom stereocenters. The maximum Gasteiger partial charge on any atom is 0.239 e. The maximum atomic E-state index is 10.4. The summed E-state index contributed by atoms with van der Waals surface area (Å²) in [6, 6.07) is 0. The number of rotatable bonds is 4. The van der Waals surface area contributed by atoms with Gasteiger partial charge in [-0.15, -0.1) is 0 Å². The molecule has 2 nitrogen and oxygen atoms in total. The summed E-state index contributed by atoms with van der Waals surface area (Å²) in [6.45, 7) is 5.84. The minimum absolute atomic E-state index is 0.0758. The highest BCUT2D eigenvalue weighted by Crippen LogP contribution is 1.72. The van der Waals surface area contributed by atoms with E-state index in [-0.39, 0.29) is 5.41 Å². The van der Waals surface area contributed by atoms with Crippen LogP contribution in [0.4, 0.5) is 0 Å². The Morgan fingerprint density at radius 3 is 3.00 bits per heavy atom. The second-order valence-corrected chi connectivity index (χ2v) is 2.70. The van der Waals surface area contributed by atoms with E-state index >= 15 is 0 Å². The molecule has 0 atom stereocenters. The molecule has 0 aliphatic carbocycles. The van der Waals surface area contributed by atoms with Crippen molar-refractivity contribution in [2.45, 2.75) is 6.92 Å². The van der Waals surface area contributed by atoms with Crippen molar-refractivity contribution in [3.8, 4) is 0 Å². The van der Waals surface area contributed by atoms with E-state index in [1.165, 1.54) is 6.08 Å². The molecule has 0 aromatic rings. The van der Waals surface area contributed by atoms with Gasteiger partial charge in [-0.1, -0.05) is 6.58 Å². The molecule has 0 spiro atoms. The van der Waals surface area contributed by atoms with E-state index in [9.17, 15) is 4.79 Å². The van der Waals surface area contributed by atoms with E-state index in [0.29, 0.717) is 6.61 Å². The fraction of sp³-hybridized carbons (Fsp3) is 0.400. The van der Waals surface area contributed by atoms with Crippen molar-refractivity contribution in [2.75, 3.05) is 6.61 Å². The normalized spacial score (nSPS) is 10.1. The first-order valence-corrected chi connectivity index (χ1v) is 3.82. The number of carbonyl (C=O) groups is 1. The monoisotopic (exact) mass is 130 g/mol. The lowest BCUT2D eigenvalue weighted by atomic mass is 10.7. The summed E-state index contributed by atoms with van der Waals surface area (Å²) in [6.07, 6.45) is 1.32. The molecule has 3 heteroatoms. The summed E-state index contributed by atoms with van der Waals surface area (Å²) < 4.78 is 4.90. The summed E-state index contributed by atoms with van der Waals surface area (Å²) in [4.78, 5) is 10.4. The van der Waals surface area contributed by atoms with Crippen molar-refractivity contribution in [1.29, 1.82) is 0 Å². The molecular weight excluding hydrogens is 120 g/mol. The van der Waals surface area contributed by atoms with Crippen molar-refractivity contribution in [2.24, 2.45) is 0 Å². The van der Waals surface area contributed by atoms with Crippen LogP contribution in [-0.4, -0.2) is 21.8 Å². The Kier molecular flexibility index (Phi) is 4.49. The minimum Gasteiger partial charge on any atom is -0.415 e. The number of hydrogen-bond acceptors (Lipinski definition) is 2. The Balaban J connectivity index is 3.11. The average molecular weight is 130 g/mol. The molecular formula is C5H10O2Si. The van der Waals surface area contributed by atoms with Gasteiger partial charge >= 0.3 is 0 Å². The first-order chi connectivity index (χ1) is 3.81. The molecule has 0 N–H and O–H groups in total. The van der Waals surface area contributed by atoms with Gasteiger partial charge in [0.25, 0.3) is 0 Å². The Bertz CT molecular complexity index is 90.4. The molecule has 0 aromatic carbocycles. The minimum atomic E-state index is -0.921. The molecule has 46 valence electrons. The highest BCUT2D eigenvalue weighted by molar-refractivity contribution is 6.71. The second kappa shape index (κ2) is 4.74. The van der Waals surface area contributed by atoms with Crippen molar-refractivity contribution >= 4 is 15.2 Å². The fourth-order valence-corrected chi connectivity index (χ4v) is 0.785. The Hall–Kier alpha value is -0.413. The molecule has 0 saturated heterocycles. The lowest BCUT2D eigenvalue weighted by Gasteiger charge is -1.91. The van der Waals surface area contributed by atoms with Gasteiger partial charge in [0.05, 0.1) is 0 Å². The van der Waals surface area contributed by atoms with E-state index in [1.54, 1.807) is 0 Å². The molecule has 8 heavy (non-hydrogen) atoms. The third kappa shape index (κ3) is 3.77. The van der Waals surface area contributed by atoms with Crippen LogP contribution in [-0.2, 0) is 9.22 Å². The van der Waals surface area contributed by atoms with Crippen LogP contribution < -0.4 is 0 Å². The Morgan fingerprint density at radius 2 is 2.62 bits per heavy atom. The van der Waals surface area contributed by atoms with Gasteiger partial charge in [-0.05, 0) is 13.0 Å². The molecule has 0 saturated carbocycles. The second-order valence-electron chi connectivity index (χ2n) is 1.31. The predicted molar refractivity (Wildman–Crippen MR) is 35.4 cm³/mol. The lowest BCUT2D eigenvalue weighted by Crippen LogP contribution is -2.09. The van der Waals surface area contributed by atoms with Crippen LogP contribution >= 0.6 is 0 Å². The van der Waals surface area contributed by atoms with Crippen LogP contribution in [0.2, 0.25) is 0 Å². The van der Waals surface area contributed by atoms with E-state index < -0.39 is 9.76 Å². The highest BCUT2D eigenvalue weighted by Gasteiger charge is 1.92. The molecule has 0 heterocycles. The smallest absolute Gasteiger partial charge is 0.239 e. The summed E-state index contributed by atoms with van der Waals surface area (Å²) >= 11 is 0. The molecule has 0 amide bonds. The molecule has 0 aliphatic rings. The summed E-state index contributed by atoms with van der Waals surface area (Å²) in [7, 11) is -0.921. The standard InChI is InChI=1S/C5H10O2Si/c1-3-5(6)8-7-4-2/h3H,1,4,8H2,2H3. The van der Waals surface area contributed by atoms with Gasteiger partial charge in [0.1, 0.15) is 0 Å². The average Bonchev–Trinajstić information content (AvgIpc) is 1.83. The van der Waals surface area contributed by atoms with Gasteiger partial charge in [-0.3, -0.25) is 4.79 Å². The van der Waals surface area contributed by atoms with E-state index in [0.717, 1.165) is 0 Å². The molecule has 0 fully saturated rings. The highest BCUT2D eigenvalue weighted by atomic mass is 28.2. The van der Waals surface area contributed by atoms with Gasteiger partial charge in [0.2, 0.25) is 9.76 Å². The third-order valence-electron chi connectivity index (χ3n) is 0.676. The van der Waals surface area contributed by atoms with Crippen LogP contribution in [0.15, 0.2) is 12.7 Å². The molecule has 0 aliphatic heterocycles. The summed E-state index contributed by atoms with van der Waals surface area (Å²) in [5.74, 6) is 0. The van der Waals surface area contributed by atoms with Crippen LogP contribution in [0.5, 0.6) is 0 Å². The van der Waals surface area contributed by atoms with E-state index in [2.05, 4.69) is 6.58 Å². The third-order valence-corrected chi connectivity index (χ3v) is 1.86. The molecule has 0 radical (unpaired) electrons. The van der Waals surface area contributed by atoms with Crippen molar-refractivity contribution in [3.05, 3.63) is 12.7 Å². The van der Waals surface area contributed by atoms with Gasteiger partial charge in [-0.2, -0.15) is 0 Å². The van der Waals surface area contributed by atoms with Crippen LogP contribution in [0, 0.1) is 0 Å². The van der Waals surface area contributed by atoms with E-state index in [1.807, 2.05) is 6.92 Å². The number of hydrogen-bond donors (Lipinski definition) is 0. The number of allylic oxidation sites excluding steroid dienone is 1. The molecule has 0 rings (SSSR count). The van der Waals surface area contributed by atoms with Gasteiger partial charge in [0, 0.05) is 6.61 Å². The zero-order valence-corrected chi connectivity index (χ0v) is 6.43. The summed E-state index contributed by atoms with van der Waals surface area (Å²) in [5, 5.41) is 0.0758. The first kappa shape index (κ1) is 7.59. The van der Waals surface area contributed by atoms with Crippen molar-refractivity contribution in [3.63, 3.8) is 0 Å². The zero-order chi connectivity index (χ0) is 6.41. The first-order valence-electron chi connectivity index (χ1n) is 2.54. The van der Waals surface area contributed by atoms with Crippen LogP contribution in [0.1, 0.15) is 6.92 Å². The summed E-state index contributed by atoms with van der Waals surface area (Å²) in [5.41, 5.74) is 0. The zero-order valence-electron chi connectivity index (χ0n) is 5.02. The van der Waals surface area contributed by atoms with Crippen LogP contribution in [0.25, 0.3) is 0 Å². The lowest BCUT2D eigenvalue weighted by molar-refractivity contribution is -0.108. The van der Waals surface area contributed by atoms with Gasteiger partial charge in [-0.25, -0.2) is 0 Å². The topological polar surface area (TPSA) is 26.3 Å². The number of carbonyl (C=O) groups excluding carboxylic acids is 1. The SMILES string of the molecule is C=CC(=O)[SiH2]OCC. The van der Waals surface area contributed by atoms with Crippen molar-refractivity contribution < 1.29 is 9.22 Å².